The van der Waals surface area contributed by atoms with Gasteiger partial charge in [-0.2, -0.15) is 0 Å². The van der Waals surface area contributed by atoms with Crippen LogP contribution in [0, 0.1) is 0 Å². The standard InChI is InChI=1S/C31H36ClN3O5S/c1-40-28-17-15-27(16-18-28)35(41(2,38)39)22-30(36)34(21-24-11-8-12-25(32)19-24)29(20-23-9-4-3-5-10-23)31(37)33-26-13-6-7-14-26/h3-5,8-12,15-19,26,29H,6-7,13-14,20-22H2,1-2H3,(H,33,37)/t29-/m1/s1. The van der Waals surface area contributed by atoms with Crippen LogP contribution >= 0.6 is 11.6 Å². The maximum atomic E-state index is 14.1. The molecule has 0 spiro atoms. The minimum Gasteiger partial charge on any atom is -0.497 e. The molecule has 1 atom stereocenters. The van der Waals surface area contributed by atoms with Crippen molar-refractivity contribution in [2.45, 2.75) is 50.7 Å². The molecule has 1 aliphatic rings. The van der Waals surface area contributed by atoms with Crippen LogP contribution in [-0.2, 0) is 32.6 Å². The van der Waals surface area contributed by atoms with E-state index in [9.17, 15) is 18.0 Å². The number of nitrogens with one attached hydrogen (secondary N) is 1. The van der Waals surface area contributed by atoms with E-state index in [1.54, 1.807) is 42.5 Å². The van der Waals surface area contributed by atoms with Crippen molar-refractivity contribution >= 4 is 39.1 Å². The Kier molecular flexibility index (Phi) is 10.3. The first-order chi connectivity index (χ1) is 19.6. The summed E-state index contributed by atoms with van der Waals surface area (Å²) in [5, 5.41) is 3.66. The molecule has 0 aromatic heterocycles. The normalized spacial score (nSPS) is 14.3. The smallest absolute Gasteiger partial charge is 0.244 e. The van der Waals surface area contributed by atoms with Gasteiger partial charge in [-0.25, -0.2) is 8.42 Å². The molecule has 0 heterocycles. The molecule has 0 radical (unpaired) electrons. The van der Waals surface area contributed by atoms with Crippen LogP contribution in [0.5, 0.6) is 5.75 Å². The van der Waals surface area contributed by atoms with Crippen LogP contribution in [-0.4, -0.2) is 57.1 Å². The first-order valence-corrected chi connectivity index (χ1v) is 15.9. The van der Waals surface area contributed by atoms with Crippen molar-refractivity contribution in [3.8, 4) is 5.75 Å². The van der Waals surface area contributed by atoms with Gasteiger partial charge in [0.2, 0.25) is 21.8 Å². The number of ether oxygens (including phenoxy) is 1. The van der Waals surface area contributed by atoms with E-state index in [-0.39, 0.29) is 24.9 Å². The Balaban J connectivity index is 1.71. The number of sulfonamides is 1. The molecule has 1 N–H and O–H groups in total. The number of rotatable bonds is 12. The van der Waals surface area contributed by atoms with E-state index in [0.29, 0.717) is 16.5 Å². The summed E-state index contributed by atoms with van der Waals surface area (Å²) in [5.41, 5.74) is 1.94. The highest BCUT2D eigenvalue weighted by atomic mass is 35.5. The van der Waals surface area contributed by atoms with Gasteiger partial charge in [-0.05, 0) is 60.4 Å². The second kappa shape index (κ2) is 13.9. The molecule has 1 fully saturated rings. The summed E-state index contributed by atoms with van der Waals surface area (Å²) in [6, 6.07) is 22.2. The summed E-state index contributed by atoms with van der Waals surface area (Å²) in [6.07, 6.45) is 5.21. The number of anilines is 1. The van der Waals surface area contributed by atoms with E-state index in [0.717, 1.165) is 47.4 Å². The number of methoxy groups -OCH3 is 1. The molecule has 8 nitrogen and oxygen atoms in total. The average molecular weight is 598 g/mol. The number of carbonyl (C=O) groups excluding carboxylic acids is 2. The van der Waals surface area contributed by atoms with E-state index in [1.165, 1.54) is 12.0 Å². The zero-order chi connectivity index (χ0) is 29.4. The predicted octanol–water partition coefficient (Wildman–Crippen LogP) is 4.81. The molecule has 10 heteroatoms. The van der Waals surface area contributed by atoms with Crippen molar-refractivity contribution in [3.05, 3.63) is 95.0 Å². The fourth-order valence-corrected chi connectivity index (χ4v) is 6.18. The molecular formula is C31H36ClN3O5S. The topological polar surface area (TPSA) is 96.0 Å². The first kappa shape index (κ1) is 30.4. The lowest BCUT2D eigenvalue weighted by Gasteiger charge is -2.34. The average Bonchev–Trinajstić information content (AvgIpc) is 3.46. The van der Waals surface area contributed by atoms with Crippen LogP contribution in [0.25, 0.3) is 0 Å². The molecule has 4 rings (SSSR count). The summed E-state index contributed by atoms with van der Waals surface area (Å²) in [4.78, 5) is 29.5. The number of carbonyl (C=O) groups is 2. The fourth-order valence-electron chi connectivity index (χ4n) is 5.12. The zero-order valence-corrected chi connectivity index (χ0v) is 24.9. The highest BCUT2D eigenvalue weighted by Crippen LogP contribution is 2.24. The van der Waals surface area contributed by atoms with Crippen LogP contribution in [0.1, 0.15) is 36.8 Å². The van der Waals surface area contributed by atoms with Gasteiger partial charge in [0, 0.05) is 24.0 Å². The Labute approximate surface area is 247 Å². The molecule has 3 aromatic carbocycles. The quantitative estimate of drug-likeness (QED) is 0.323. The van der Waals surface area contributed by atoms with Gasteiger partial charge in [-0.1, -0.05) is 66.9 Å². The highest BCUT2D eigenvalue weighted by Gasteiger charge is 2.34. The van der Waals surface area contributed by atoms with Crippen LogP contribution in [0.15, 0.2) is 78.9 Å². The van der Waals surface area contributed by atoms with Gasteiger partial charge in [0.05, 0.1) is 19.1 Å². The molecule has 41 heavy (non-hydrogen) atoms. The summed E-state index contributed by atoms with van der Waals surface area (Å²) < 4.78 is 32.0. The van der Waals surface area contributed by atoms with Crippen LogP contribution < -0.4 is 14.4 Å². The molecule has 0 saturated heterocycles. The van der Waals surface area contributed by atoms with Crippen LogP contribution in [0.3, 0.4) is 0 Å². The number of hydrogen-bond donors (Lipinski definition) is 1. The third-order valence-electron chi connectivity index (χ3n) is 7.25. The summed E-state index contributed by atoms with van der Waals surface area (Å²) in [6.45, 7) is -0.400. The summed E-state index contributed by atoms with van der Waals surface area (Å²) in [5.74, 6) is -0.206. The van der Waals surface area contributed by atoms with Crippen LogP contribution in [0.4, 0.5) is 5.69 Å². The Hall–Kier alpha value is -3.56. The number of halogens is 1. The predicted molar refractivity (Wildman–Crippen MR) is 162 cm³/mol. The van der Waals surface area contributed by atoms with Gasteiger partial charge >= 0.3 is 0 Å². The zero-order valence-electron chi connectivity index (χ0n) is 23.3. The lowest BCUT2D eigenvalue weighted by molar-refractivity contribution is -0.140. The molecule has 3 aromatic rings. The monoisotopic (exact) mass is 597 g/mol. The molecule has 218 valence electrons. The largest absolute Gasteiger partial charge is 0.497 e. The number of benzene rings is 3. The van der Waals surface area contributed by atoms with E-state index >= 15 is 0 Å². The van der Waals surface area contributed by atoms with Gasteiger partial charge in [0.1, 0.15) is 18.3 Å². The Morgan fingerprint density at radius 1 is 0.976 bits per heavy atom. The maximum Gasteiger partial charge on any atom is 0.244 e. The van der Waals surface area contributed by atoms with Crippen LogP contribution in [0.2, 0.25) is 5.02 Å². The van der Waals surface area contributed by atoms with Crippen molar-refractivity contribution in [2.75, 3.05) is 24.2 Å². The second-order valence-corrected chi connectivity index (χ2v) is 12.7. The fraction of sp³-hybridized carbons (Fsp3) is 0.355. The van der Waals surface area contributed by atoms with Crippen molar-refractivity contribution in [1.82, 2.24) is 10.2 Å². The van der Waals surface area contributed by atoms with Gasteiger partial charge in [-0.15, -0.1) is 0 Å². The van der Waals surface area contributed by atoms with E-state index in [2.05, 4.69) is 5.32 Å². The molecule has 0 bridgehead atoms. The number of amides is 2. The Bertz CT molecular complexity index is 1430. The van der Waals surface area contributed by atoms with E-state index in [1.807, 2.05) is 36.4 Å². The number of nitrogens with zero attached hydrogens (tertiary/aromatic N) is 2. The minimum absolute atomic E-state index is 0.0516. The Morgan fingerprint density at radius 2 is 1.63 bits per heavy atom. The number of hydrogen-bond acceptors (Lipinski definition) is 5. The molecular weight excluding hydrogens is 562 g/mol. The SMILES string of the molecule is COc1ccc(N(CC(=O)N(Cc2cccc(Cl)c2)[C@H](Cc2ccccc2)C(=O)NC2CCCC2)S(C)(=O)=O)cc1. The maximum absolute atomic E-state index is 14.1. The lowest BCUT2D eigenvalue weighted by Crippen LogP contribution is -2.54. The third-order valence-corrected chi connectivity index (χ3v) is 8.63. The molecule has 1 aliphatic carbocycles. The van der Waals surface area contributed by atoms with Crippen molar-refractivity contribution < 1.29 is 22.7 Å². The Morgan fingerprint density at radius 3 is 2.24 bits per heavy atom. The molecule has 1 saturated carbocycles. The van der Waals surface area contributed by atoms with Gasteiger partial charge < -0.3 is 15.0 Å². The van der Waals surface area contributed by atoms with Gasteiger partial charge in [0.25, 0.3) is 0 Å². The van der Waals surface area contributed by atoms with Gasteiger partial charge in [-0.3, -0.25) is 13.9 Å². The molecule has 0 unspecified atom stereocenters. The second-order valence-electron chi connectivity index (χ2n) is 10.3. The first-order valence-electron chi connectivity index (χ1n) is 13.6. The lowest BCUT2D eigenvalue weighted by atomic mass is 10.0. The minimum atomic E-state index is -3.85. The molecule has 0 aliphatic heterocycles. The van der Waals surface area contributed by atoms with Crippen molar-refractivity contribution in [1.29, 1.82) is 0 Å². The highest BCUT2D eigenvalue weighted by molar-refractivity contribution is 7.92. The third kappa shape index (κ3) is 8.47. The van der Waals surface area contributed by atoms with Gasteiger partial charge in [0.15, 0.2) is 0 Å². The van der Waals surface area contributed by atoms with Crippen molar-refractivity contribution in [3.63, 3.8) is 0 Å². The van der Waals surface area contributed by atoms with E-state index in [4.69, 9.17) is 16.3 Å². The van der Waals surface area contributed by atoms with E-state index < -0.39 is 28.5 Å². The summed E-state index contributed by atoms with van der Waals surface area (Å²) >= 11 is 6.26. The molecule has 2 amide bonds. The van der Waals surface area contributed by atoms with Crippen molar-refractivity contribution in [2.24, 2.45) is 0 Å². The summed E-state index contributed by atoms with van der Waals surface area (Å²) in [7, 11) is -2.33.